The molecule has 1 aliphatic heterocycles. The first kappa shape index (κ1) is 21.6. The lowest BCUT2D eigenvalue weighted by Crippen LogP contribution is -2.22. The summed E-state index contributed by atoms with van der Waals surface area (Å²) in [6.45, 7) is 0. The van der Waals surface area contributed by atoms with Crippen LogP contribution in [0.15, 0.2) is 70.1 Å². The van der Waals surface area contributed by atoms with Crippen LogP contribution in [0, 0.1) is 0 Å². The Labute approximate surface area is 195 Å². The first-order chi connectivity index (χ1) is 16.5. The molecule has 1 aliphatic rings. The number of methoxy groups -OCH3 is 3. The quantitative estimate of drug-likeness (QED) is 0.310. The highest BCUT2D eigenvalue weighted by atomic mass is 16.5. The standard InChI is InChI=1S/C27H22O7/c1-30-21-13-23(32-3)22(31-2)11-17(21)18-12-24(28)34-20-10-9-16-26(29)19(14-33-27(16)25(18)20)15-7-5-4-6-8-15/h4-11,13-14,18H,12H2,1-3H3. The highest BCUT2D eigenvalue weighted by Crippen LogP contribution is 2.47. The number of carbonyl (C=O) groups excluding carboxylic acids is 1. The van der Waals surface area contributed by atoms with E-state index in [2.05, 4.69) is 0 Å². The van der Waals surface area contributed by atoms with Gasteiger partial charge in [-0.3, -0.25) is 9.59 Å². The third-order valence-corrected chi connectivity index (χ3v) is 6.08. The molecule has 0 amide bonds. The zero-order valence-corrected chi connectivity index (χ0v) is 18.9. The van der Waals surface area contributed by atoms with Gasteiger partial charge in [-0.2, -0.15) is 0 Å². The molecule has 0 aliphatic carbocycles. The molecule has 4 aromatic rings. The van der Waals surface area contributed by atoms with Crippen LogP contribution >= 0.6 is 0 Å². The van der Waals surface area contributed by atoms with Crippen molar-refractivity contribution in [3.05, 3.63) is 82.2 Å². The number of esters is 1. The van der Waals surface area contributed by atoms with Crippen LogP contribution in [0.5, 0.6) is 23.0 Å². The van der Waals surface area contributed by atoms with Gasteiger partial charge >= 0.3 is 5.97 Å². The van der Waals surface area contributed by atoms with Crippen molar-refractivity contribution < 1.29 is 28.2 Å². The lowest BCUT2D eigenvalue weighted by Gasteiger charge is -2.27. The van der Waals surface area contributed by atoms with Gasteiger partial charge in [-0.05, 0) is 23.8 Å². The van der Waals surface area contributed by atoms with Crippen LogP contribution in [0.2, 0.25) is 0 Å². The van der Waals surface area contributed by atoms with Gasteiger partial charge in [0.25, 0.3) is 0 Å². The maximum absolute atomic E-state index is 13.4. The number of fused-ring (bicyclic) bond motifs is 3. The molecule has 0 saturated carbocycles. The largest absolute Gasteiger partial charge is 0.496 e. The van der Waals surface area contributed by atoms with Gasteiger partial charge in [0.2, 0.25) is 5.43 Å². The van der Waals surface area contributed by atoms with Crippen molar-refractivity contribution >= 4 is 16.9 Å². The Morgan fingerprint density at radius 3 is 2.26 bits per heavy atom. The van der Waals surface area contributed by atoms with E-state index in [-0.39, 0.29) is 11.8 Å². The molecule has 34 heavy (non-hydrogen) atoms. The fourth-order valence-corrected chi connectivity index (χ4v) is 4.46. The minimum absolute atomic E-state index is 0.0438. The summed E-state index contributed by atoms with van der Waals surface area (Å²) in [5.41, 5.74) is 2.74. The van der Waals surface area contributed by atoms with Crippen LogP contribution in [0.4, 0.5) is 0 Å². The monoisotopic (exact) mass is 458 g/mol. The summed E-state index contributed by atoms with van der Waals surface area (Å²) < 4.78 is 28.1. The Balaban J connectivity index is 1.76. The number of hydrogen-bond donors (Lipinski definition) is 0. The Morgan fingerprint density at radius 1 is 0.853 bits per heavy atom. The third-order valence-electron chi connectivity index (χ3n) is 6.08. The number of rotatable bonds is 5. The van der Waals surface area contributed by atoms with Gasteiger partial charge in [-0.25, -0.2) is 0 Å². The molecule has 7 heteroatoms. The Hall–Kier alpha value is -4.26. The first-order valence-electron chi connectivity index (χ1n) is 10.7. The minimum Gasteiger partial charge on any atom is -0.496 e. The third kappa shape index (κ3) is 3.46. The number of hydrogen-bond acceptors (Lipinski definition) is 7. The molecule has 0 spiro atoms. The van der Waals surface area contributed by atoms with E-state index in [1.54, 1.807) is 31.4 Å². The molecule has 7 nitrogen and oxygen atoms in total. The first-order valence-corrected chi connectivity index (χ1v) is 10.7. The Morgan fingerprint density at radius 2 is 1.56 bits per heavy atom. The summed E-state index contributed by atoms with van der Waals surface area (Å²) in [5.74, 6) is 0.979. The molecular weight excluding hydrogens is 436 g/mol. The van der Waals surface area contributed by atoms with Crippen LogP contribution in [-0.4, -0.2) is 27.3 Å². The van der Waals surface area contributed by atoms with Crippen LogP contribution in [0.1, 0.15) is 23.5 Å². The minimum atomic E-state index is -0.486. The second-order valence-electron chi connectivity index (χ2n) is 7.88. The van der Waals surface area contributed by atoms with E-state index in [4.69, 9.17) is 23.4 Å². The molecule has 0 N–H and O–H groups in total. The highest BCUT2D eigenvalue weighted by Gasteiger charge is 2.34. The van der Waals surface area contributed by atoms with Crippen molar-refractivity contribution in [3.63, 3.8) is 0 Å². The van der Waals surface area contributed by atoms with Gasteiger partial charge in [0.15, 0.2) is 11.5 Å². The maximum Gasteiger partial charge on any atom is 0.312 e. The summed E-state index contributed by atoms with van der Waals surface area (Å²) >= 11 is 0. The molecule has 1 atom stereocenters. The molecule has 3 aromatic carbocycles. The second-order valence-corrected chi connectivity index (χ2v) is 7.88. The molecular formula is C27H22O7. The molecule has 172 valence electrons. The van der Waals surface area contributed by atoms with E-state index >= 15 is 0 Å². The molecule has 1 unspecified atom stereocenters. The van der Waals surface area contributed by atoms with Crippen LogP contribution in [0.25, 0.3) is 22.1 Å². The van der Waals surface area contributed by atoms with Crippen molar-refractivity contribution in [2.24, 2.45) is 0 Å². The summed E-state index contributed by atoms with van der Waals surface area (Å²) in [7, 11) is 4.62. The average molecular weight is 458 g/mol. The van der Waals surface area contributed by atoms with Crippen molar-refractivity contribution in [3.8, 4) is 34.1 Å². The second kappa shape index (κ2) is 8.59. The van der Waals surface area contributed by atoms with Gasteiger partial charge in [0, 0.05) is 23.1 Å². The summed E-state index contributed by atoms with van der Waals surface area (Å²) in [5, 5.41) is 0.405. The zero-order valence-electron chi connectivity index (χ0n) is 18.9. The molecule has 0 saturated heterocycles. The van der Waals surface area contributed by atoms with Crippen LogP contribution in [0.3, 0.4) is 0 Å². The Kier molecular flexibility index (Phi) is 5.45. The fraction of sp³-hybridized carbons (Fsp3) is 0.185. The highest BCUT2D eigenvalue weighted by molar-refractivity contribution is 5.90. The number of benzene rings is 3. The lowest BCUT2D eigenvalue weighted by atomic mass is 9.84. The molecule has 0 bridgehead atoms. The molecule has 1 aromatic heterocycles. The molecule has 2 heterocycles. The molecule has 5 rings (SSSR count). The van der Waals surface area contributed by atoms with Gasteiger partial charge in [-0.15, -0.1) is 0 Å². The van der Waals surface area contributed by atoms with Crippen molar-refractivity contribution in [2.45, 2.75) is 12.3 Å². The molecule has 0 radical (unpaired) electrons. The van der Waals surface area contributed by atoms with E-state index < -0.39 is 11.9 Å². The van der Waals surface area contributed by atoms with Gasteiger partial charge in [0.05, 0.1) is 38.7 Å². The van der Waals surface area contributed by atoms with Gasteiger partial charge in [0.1, 0.15) is 23.3 Å². The normalized spacial score (nSPS) is 14.9. The summed E-state index contributed by atoms with van der Waals surface area (Å²) in [6, 6.07) is 16.1. The van der Waals surface area contributed by atoms with E-state index in [0.717, 1.165) is 5.56 Å². The van der Waals surface area contributed by atoms with Gasteiger partial charge in [-0.1, -0.05) is 30.3 Å². The van der Waals surface area contributed by atoms with Crippen LogP contribution in [-0.2, 0) is 4.79 Å². The van der Waals surface area contributed by atoms with E-state index in [9.17, 15) is 9.59 Å². The van der Waals surface area contributed by atoms with E-state index in [1.165, 1.54) is 20.5 Å². The molecule has 0 fully saturated rings. The zero-order chi connectivity index (χ0) is 23.8. The number of ether oxygens (including phenoxy) is 4. The van der Waals surface area contributed by atoms with Crippen LogP contribution < -0.4 is 24.4 Å². The smallest absolute Gasteiger partial charge is 0.312 e. The fourth-order valence-electron chi connectivity index (χ4n) is 4.46. The maximum atomic E-state index is 13.4. The van der Waals surface area contributed by atoms with E-state index in [1.807, 2.05) is 30.3 Å². The Bertz CT molecular complexity index is 1450. The van der Waals surface area contributed by atoms with Gasteiger partial charge < -0.3 is 23.4 Å². The summed E-state index contributed by atoms with van der Waals surface area (Å²) in [6.07, 6.45) is 1.50. The number of carbonyl (C=O) groups is 1. The topological polar surface area (TPSA) is 84.2 Å². The summed E-state index contributed by atoms with van der Waals surface area (Å²) in [4.78, 5) is 25.9. The van der Waals surface area contributed by atoms with Crippen molar-refractivity contribution in [1.82, 2.24) is 0 Å². The lowest BCUT2D eigenvalue weighted by molar-refractivity contribution is -0.135. The SMILES string of the molecule is COc1cc(OC)c(C2CC(=O)Oc3ccc4c(=O)c(-c5ccccc5)coc4c32)cc1OC. The van der Waals surface area contributed by atoms with Crippen molar-refractivity contribution in [1.29, 1.82) is 0 Å². The van der Waals surface area contributed by atoms with Crippen molar-refractivity contribution in [2.75, 3.05) is 21.3 Å². The predicted octanol–water partition coefficient (Wildman–Crippen LogP) is 4.93. The average Bonchev–Trinajstić information content (AvgIpc) is 2.87. The van der Waals surface area contributed by atoms with E-state index in [0.29, 0.717) is 50.7 Å². The predicted molar refractivity (Wildman–Crippen MR) is 126 cm³/mol.